The summed E-state index contributed by atoms with van der Waals surface area (Å²) < 4.78 is 2.17. The Morgan fingerprint density at radius 1 is 1.60 bits per heavy atom. The number of fused-ring (bicyclic) bond motifs is 1. The maximum atomic E-state index is 11.8. The van der Waals surface area contributed by atoms with Crippen LogP contribution in [0.3, 0.4) is 0 Å². The van der Waals surface area contributed by atoms with E-state index in [1.165, 1.54) is 16.0 Å². The molecule has 0 amide bonds. The lowest BCUT2D eigenvalue weighted by atomic mass is 10.3. The molecule has 0 radical (unpaired) electrons. The van der Waals surface area contributed by atoms with Crippen LogP contribution < -0.4 is 5.56 Å². The second-order valence-corrected chi connectivity index (χ2v) is 4.03. The van der Waals surface area contributed by atoms with Crippen molar-refractivity contribution in [2.24, 2.45) is 0 Å². The topological polar surface area (TPSA) is 47.8 Å². The molecule has 5 heteroatoms. The number of hydrogen-bond donors (Lipinski definition) is 0. The second-order valence-electron chi connectivity index (χ2n) is 3.17. The summed E-state index contributed by atoms with van der Waals surface area (Å²) in [6, 6.07) is 0. The second kappa shape index (κ2) is 4.35. The van der Waals surface area contributed by atoms with Gasteiger partial charge in [0.2, 0.25) is 0 Å². The molecule has 78 valence electrons. The summed E-state index contributed by atoms with van der Waals surface area (Å²) in [5.74, 6) is 0. The molecule has 2 heterocycles. The van der Waals surface area contributed by atoms with Gasteiger partial charge in [0.25, 0.3) is 5.56 Å². The number of unbranched alkanes of at least 4 members (excludes halogenated alkanes) is 1. The third kappa shape index (κ3) is 1.97. The normalized spacial score (nSPS) is 10.7. The first kappa shape index (κ1) is 10.0. The van der Waals surface area contributed by atoms with E-state index in [9.17, 15) is 4.79 Å². The van der Waals surface area contributed by atoms with Gasteiger partial charge in [-0.25, -0.2) is 9.67 Å². The Hall–Kier alpha value is -1.49. The first-order valence-electron chi connectivity index (χ1n) is 4.73. The molecule has 15 heavy (non-hydrogen) atoms. The van der Waals surface area contributed by atoms with E-state index in [0.717, 1.165) is 12.8 Å². The minimum absolute atomic E-state index is 0.0425. The maximum Gasteiger partial charge on any atom is 0.286 e. The van der Waals surface area contributed by atoms with E-state index in [4.69, 9.17) is 0 Å². The molecule has 2 aromatic rings. The summed E-state index contributed by atoms with van der Waals surface area (Å²) >= 11 is 1.36. The highest BCUT2D eigenvalue weighted by Crippen LogP contribution is 2.10. The van der Waals surface area contributed by atoms with Crippen LogP contribution in [-0.4, -0.2) is 14.8 Å². The predicted octanol–water partition coefficient (Wildman–Crippen LogP) is 1.82. The fourth-order valence-electron chi connectivity index (χ4n) is 1.35. The third-order valence-electron chi connectivity index (χ3n) is 2.12. The summed E-state index contributed by atoms with van der Waals surface area (Å²) in [5, 5.41) is 4.06. The minimum Gasteiger partial charge on any atom is -0.266 e. The lowest BCUT2D eigenvalue weighted by Crippen LogP contribution is -2.21. The van der Waals surface area contributed by atoms with E-state index in [2.05, 4.69) is 16.7 Å². The van der Waals surface area contributed by atoms with E-state index >= 15 is 0 Å². The van der Waals surface area contributed by atoms with Crippen LogP contribution in [0.15, 0.2) is 29.2 Å². The van der Waals surface area contributed by atoms with Crippen LogP contribution >= 0.6 is 11.3 Å². The number of nitrogens with zero attached hydrogens (tertiary/aromatic N) is 3. The van der Waals surface area contributed by atoms with E-state index in [1.54, 1.807) is 11.7 Å². The Morgan fingerprint density at radius 2 is 2.47 bits per heavy atom. The molecule has 0 aliphatic rings. The van der Waals surface area contributed by atoms with Gasteiger partial charge in [-0.05, 0) is 12.8 Å². The van der Waals surface area contributed by atoms with Gasteiger partial charge in [0.15, 0.2) is 0 Å². The first-order chi connectivity index (χ1) is 7.33. The van der Waals surface area contributed by atoms with E-state index < -0.39 is 0 Å². The summed E-state index contributed by atoms with van der Waals surface area (Å²) in [7, 11) is 0. The summed E-state index contributed by atoms with van der Waals surface area (Å²) in [6.07, 6.45) is 5.27. The van der Waals surface area contributed by atoms with Gasteiger partial charge < -0.3 is 0 Å². The van der Waals surface area contributed by atoms with Crippen molar-refractivity contribution in [3.63, 3.8) is 0 Å². The smallest absolute Gasteiger partial charge is 0.266 e. The Bertz CT molecular complexity index is 529. The van der Waals surface area contributed by atoms with Crippen molar-refractivity contribution in [2.45, 2.75) is 19.4 Å². The number of thiazole rings is 1. The van der Waals surface area contributed by atoms with Crippen LogP contribution in [0, 0.1) is 0 Å². The summed E-state index contributed by atoms with van der Waals surface area (Å²) in [5.41, 5.74) is 2.31. The Balaban J connectivity index is 2.31. The molecule has 2 aromatic heterocycles. The molecule has 0 fully saturated rings. The van der Waals surface area contributed by atoms with Crippen LogP contribution in [0.25, 0.3) is 10.2 Å². The highest BCUT2D eigenvalue weighted by Gasteiger charge is 2.05. The standard InChI is InChI=1S/C10H11N3OS/c1-2-3-4-5-13-10(14)9-8(6-12-13)11-7-15-9/h2,6-7H,1,3-5H2. The zero-order valence-electron chi connectivity index (χ0n) is 8.22. The Labute approximate surface area is 90.9 Å². The van der Waals surface area contributed by atoms with Gasteiger partial charge >= 0.3 is 0 Å². The molecular weight excluding hydrogens is 210 g/mol. The van der Waals surface area contributed by atoms with Crippen LogP contribution in [0.2, 0.25) is 0 Å². The van der Waals surface area contributed by atoms with Gasteiger partial charge in [-0.15, -0.1) is 17.9 Å². The zero-order valence-corrected chi connectivity index (χ0v) is 9.04. The molecule has 0 aromatic carbocycles. The molecule has 0 bridgehead atoms. The van der Waals surface area contributed by atoms with Crippen LogP contribution in [0.4, 0.5) is 0 Å². The highest BCUT2D eigenvalue weighted by atomic mass is 32.1. The molecule has 0 spiro atoms. The maximum absolute atomic E-state index is 11.8. The number of allylic oxidation sites excluding steroid dienone is 1. The predicted molar refractivity (Wildman–Crippen MR) is 61.1 cm³/mol. The molecule has 0 atom stereocenters. The number of hydrogen-bond acceptors (Lipinski definition) is 4. The van der Waals surface area contributed by atoms with Crippen LogP contribution in [0.5, 0.6) is 0 Å². The lowest BCUT2D eigenvalue weighted by molar-refractivity contribution is 0.558. The van der Waals surface area contributed by atoms with Gasteiger partial charge in [0.05, 0.1) is 11.7 Å². The average molecular weight is 221 g/mol. The SMILES string of the molecule is C=CCCCn1ncc2ncsc2c1=O. The quantitative estimate of drug-likeness (QED) is 0.584. The average Bonchev–Trinajstić information content (AvgIpc) is 2.70. The molecule has 0 saturated carbocycles. The Morgan fingerprint density at radius 3 is 3.27 bits per heavy atom. The zero-order chi connectivity index (χ0) is 10.7. The van der Waals surface area contributed by atoms with Crippen molar-refractivity contribution in [1.29, 1.82) is 0 Å². The fraction of sp³-hybridized carbons (Fsp3) is 0.300. The molecule has 4 nitrogen and oxygen atoms in total. The number of aryl methyl sites for hydroxylation is 1. The monoisotopic (exact) mass is 221 g/mol. The van der Waals surface area contributed by atoms with Gasteiger partial charge in [0.1, 0.15) is 10.2 Å². The van der Waals surface area contributed by atoms with E-state index in [-0.39, 0.29) is 5.56 Å². The van der Waals surface area contributed by atoms with Crippen LogP contribution in [-0.2, 0) is 6.54 Å². The molecule has 0 unspecified atom stereocenters. The van der Waals surface area contributed by atoms with Crippen molar-refractivity contribution in [3.8, 4) is 0 Å². The van der Waals surface area contributed by atoms with Crippen molar-refractivity contribution < 1.29 is 0 Å². The number of aromatic nitrogens is 3. The lowest BCUT2D eigenvalue weighted by Gasteiger charge is -2.01. The largest absolute Gasteiger partial charge is 0.286 e. The molecular formula is C10H11N3OS. The van der Waals surface area contributed by atoms with Gasteiger partial charge in [0, 0.05) is 6.54 Å². The molecule has 0 aliphatic heterocycles. The van der Waals surface area contributed by atoms with Crippen molar-refractivity contribution in [1.82, 2.24) is 14.8 Å². The van der Waals surface area contributed by atoms with Gasteiger partial charge in [-0.3, -0.25) is 4.79 Å². The highest BCUT2D eigenvalue weighted by molar-refractivity contribution is 7.16. The van der Waals surface area contributed by atoms with E-state index in [1.807, 2.05) is 6.08 Å². The van der Waals surface area contributed by atoms with Gasteiger partial charge in [-0.2, -0.15) is 5.10 Å². The fourth-order valence-corrected chi connectivity index (χ4v) is 2.05. The minimum atomic E-state index is -0.0425. The third-order valence-corrected chi connectivity index (χ3v) is 2.95. The molecule has 2 rings (SSSR count). The molecule has 0 saturated heterocycles. The van der Waals surface area contributed by atoms with Crippen molar-refractivity contribution in [3.05, 3.63) is 34.7 Å². The first-order valence-corrected chi connectivity index (χ1v) is 5.61. The molecule has 0 aliphatic carbocycles. The number of rotatable bonds is 4. The van der Waals surface area contributed by atoms with Gasteiger partial charge in [-0.1, -0.05) is 6.08 Å². The van der Waals surface area contributed by atoms with E-state index in [0.29, 0.717) is 16.8 Å². The van der Waals surface area contributed by atoms with Crippen molar-refractivity contribution >= 4 is 21.6 Å². The summed E-state index contributed by atoms with van der Waals surface area (Å²) in [6.45, 7) is 4.28. The Kier molecular flexibility index (Phi) is 2.91. The van der Waals surface area contributed by atoms with Crippen LogP contribution in [0.1, 0.15) is 12.8 Å². The molecule has 0 N–H and O–H groups in total. The van der Waals surface area contributed by atoms with Crippen molar-refractivity contribution in [2.75, 3.05) is 0 Å². The summed E-state index contributed by atoms with van der Waals surface area (Å²) in [4.78, 5) is 15.9.